The van der Waals surface area contributed by atoms with Gasteiger partial charge in [-0.3, -0.25) is 0 Å². The third-order valence-electron chi connectivity index (χ3n) is 2.32. The van der Waals surface area contributed by atoms with Gasteiger partial charge in [0.05, 0.1) is 0 Å². The molecule has 0 saturated heterocycles. The van der Waals surface area contributed by atoms with Crippen LogP contribution in [-0.2, 0) is 4.79 Å². The van der Waals surface area contributed by atoms with Crippen LogP contribution in [-0.4, -0.2) is 17.7 Å². The number of carboxylic acids is 1. The molecule has 0 fully saturated rings. The summed E-state index contributed by atoms with van der Waals surface area (Å²) in [6.45, 7) is 8.22. The Morgan fingerprint density at radius 1 is 1.28 bits per heavy atom. The van der Waals surface area contributed by atoms with E-state index in [9.17, 15) is 4.79 Å². The van der Waals surface area contributed by atoms with E-state index < -0.39 is 5.97 Å². The van der Waals surface area contributed by atoms with Crippen molar-refractivity contribution in [2.24, 2.45) is 5.41 Å². The van der Waals surface area contributed by atoms with E-state index in [1.54, 1.807) is 12.1 Å². The number of hydrogen-bond acceptors (Lipinski definition) is 2. The summed E-state index contributed by atoms with van der Waals surface area (Å²) in [4.78, 5) is 10.4. The van der Waals surface area contributed by atoms with Crippen molar-refractivity contribution in [1.29, 1.82) is 0 Å². The average Bonchev–Trinajstić information content (AvgIpc) is 2.24. The Bertz CT molecular complexity index is 436. The predicted molar refractivity (Wildman–Crippen MR) is 72.7 cm³/mol. The number of allylic oxidation sites excluding steroid dienone is 2. The second-order valence-electron chi connectivity index (χ2n) is 5.40. The van der Waals surface area contributed by atoms with Gasteiger partial charge in [0.2, 0.25) is 0 Å². The smallest absolute Gasteiger partial charge is 0.341 e. The maximum Gasteiger partial charge on any atom is 0.341 e. The summed E-state index contributed by atoms with van der Waals surface area (Å²) in [6, 6.07) is 7.46. The van der Waals surface area contributed by atoms with Crippen LogP contribution in [0, 0.1) is 5.41 Å². The Morgan fingerprint density at radius 2 is 1.83 bits per heavy atom. The maximum absolute atomic E-state index is 10.4. The molecule has 1 rings (SSSR count). The zero-order valence-corrected chi connectivity index (χ0v) is 11.4. The third kappa shape index (κ3) is 5.04. The van der Waals surface area contributed by atoms with Gasteiger partial charge < -0.3 is 9.84 Å². The number of ether oxygens (including phenoxy) is 1. The number of carboxylic acid groups (broad SMARTS) is 1. The van der Waals surface area contributed by atoms with Crippen molar-refractivity contribution in [1.82, 2.24) is 0 Å². The molecule has 0 atom stereocenters. The van der Waals surface area contributed by atoms with E-state index in [1.165, 1.54) is 5.57 Å². The zero-order valence-electron chi connectivity index (χ0n) is 11.4. The van der Waals surface area contributed by atoms with E-state index in [0.717, 1.165) is 5.56 Å². The molecule has 1 aromatic carbocycles. The number of benzene rings is 1. The molecule has 1 N–H and O–H groups in total. The van der Waals surface area contributed by atoms with Crippen LogP contribution in [0.15, 0.2) is 30.3 Å². The molecule has 3 heteroatoms. The van der Waals surface area contributed by atoms with E-state index in [1.807, 2.05) is 12.1 Å². The molecule has 0 bridgehead atoms. The summed E-state index contributed by atoms with van der Waals surface area (Å²) >= 11 is 0. The van der Waals surface area contributed by atoms with Crippen molar-refractivity contribution in [2.75, 3.05) is 6.61 Å². The van der Waals surface area contributed by atoms with Gasteiger partial charge in [0.1, 0.15) is 5.75 Å². The number of carbonyl (C=O) groups is 1. The molecule has 1 aromatic rings. The highest BCUT2D eigenvalue weighted by atomic mass is 16.5. The number of aliphatic carboxylic acids is 1. The Kier molecular flexibility index (Phi) is 4.54. The van der Waals surface area contributed by atoms with Crippen LogP contribution in [0.1, 0.15) is 33.3 Å². The van der Waals surface area contributed by atoms with Gasteiger partial charge in [0, 0.05) is 0 Å². The first-order valence-corrected chi connectivity index (χ1v) is 5.92. The molecule has 0 aliphatic carbocycles. The van der Waals surface area contributed by atoms with Crippen molar-refractivity contribution in [2.45, 2.75) is 27.7 Å². The Hall–Kier alpha value is -1.77. The Balaban J connectivity index is 2.77. The molecule has 0 aliphatic rings. The number of hydrogen-bond donors (Lipinski definition) is 1. The monoisotopic (exact) mass is 248 g/mol. The molecule has 0 saturated carbocycles. The van der Waals surface area contributed by atoms with Gasteiger partial charge in [-0.05, 0) is 35.6 Å². The summed E-state index contributed by atoms with van der Waals surface area (Å²) in [5, 5.41) is 8.51. The molecular weight excluding hydrogens is 228 g/mol. The Morgan fingerprint density at radius 3 is 2.28 bits per heavy atom. The minimum atomic E-state index is -0.970. The summed E-state index contributed by atoms with van der Waals surface area (Å²) < 4.78 is 5.08. The van der Waals surface area contributed by atoms with Gasteiger partial charge in [-0.25, -0.2) is 4.79 Å². The minimum absolute atomic E-state index is 0.141. The van der Waals surface area contributed by atoms with E-state index in [-0.39, 0.29) is 12.0 Å². The summed E-state index contributed by atoms with van der Waals surface area (Å²) in [6.07, 6.45) is 2.21. The molecule has 18 heavy (non-hydrogen) atoms. The first-order chi connectivity index (χ1) is 8.28. The quantitative estimate of drug-likeness (QED) is 0.885. The highest BCUT2D eigenvalue weighted by Gasteiger charge is 2.07. The van der Waals surface area contributed by atoms with Gasteiger partial charge in [-0.2, -0.15) is 0 Å². The number of rotatable bonds is 4. The molecule has 0 aliphatic heterocycles. The first-order valence-electron chi connectivity index (χ1n) is 5.92. The topological polar surface area (TPSA) is 46.5 Å². The summed E-state index contributed by atoms with van der Waals surface area (Å²) in [7, 11) is 0. The van der Waals surface area contributed by atoms with Gasteiger partial charge in [0.25, 0.3) is 0 Å². The van der Waals surface area contributed by atoms with Crippen LogP contribution in [0.25, 0.3) is 5.57 Å². The lowest BCUT2D eigenvalue weighted by atomic mass is 9.92. The molecule has 3 nitrogen and oxygen atoms in total. The van der Waals surface area contributed by atoms with Crippen LogP contribution in [0.2, 0.25) is 0 Å². The SMILES string of the molecule is C/C(=C/C(C)(C)C)c1ccc(OCC(=O)O)cc1. The highest BCUT2D eigenvalue weighted by molar-refractivity contribution is 5.68. The average molecular weight is 248 g/mol. The summed E-state index contributed by atoms with van der Waals surface area (Å²) in [5.41, 5.74) is 2.46. The second-order valence-corrected chi connectivity index (χ2v) is 5.40. The van der Waals surface area contributed by atoms with Crippen molar-refractivity contribution in [3.63, 3.8) is 0 Å². The molecular formula is C15H20O3. The molecule has 0 spiro atoms. The van der Waals surface area contributed by atoms with Crippen molar-refractivity contribution >= 4 is 11.5 Å². The lowest BCUT2D eigenvalue weighted by Gasteiger charge is -2.14. The van der Waals surface area contributed by atoms with Crippen molar-refractivity contribution < 1.29 is 14.6 Å². The maximum atomic E-state index is 10.4. The van der Waals surface area contributed by atoms with Crippen LogP contribution >= 0.6 is 0 Å². The van der Waals surface area contributed by atoms with Crippen molar-refractivity contribution in [3.8, 4) is 5.75 Å². The van der Waals surface area contributed by atoms with Gasteiger partial charge >= 0.3 is 5.97 Å². The van der Waals surface area contributed by atoms with Gasteiger partial charge in [-0.1, -0.05) is 39.0 Å². The van der Waals surface area contributed by atoms with E-state index in [0.29, 0.717) is 5.75 Å². The fraction of sp³-hybridized carbons (Fsp3) is 0.400. The van der Waals surface area contributed by atoms with Gasteiger partial charge in [0.15, 0.2) is 6.61 Å². The lowest BCUT2D eigenvalue weighted by Crippen LogP contribution is -2.09. The van der Waals surface area contributed by atoms with Crippen LogP contribution in [0.3, 0.4) is 0 Å². The molecule has 0 unspecified atom stereocenters. The standard InChI is InChI=1S/C15H20O3/c1-11(9-15(2,3)4)12-5-7-13(8-6-12)18-10-14(16)17/h5-9H,10H2,1-4H3,(H,16,17)/b11-9-. The van der Waals surface area contributed by atoms with E-state index >= 15 is 0 Å². The molecule has 0 heterocycles. The summed E-state index contributed by atoms with van der Waals surface area (Å²) in [5.74, 6) is -0.396. The second kappa shape index (κ2) is 5.71. The fourth-order valence-corrected chi connectivity index (χ4v) is 1.69. The fourth-order valence-electron chi connectivity index (χ4n) is 1.69. The minimum Gasteiger partial charge on any atom is -0.482 e. The largest absolute Gasteiger partial charge is 0.482 e. The molecule has 98 valence electrons. The van der Waals surface area contributed by atoms with E-state index in [2.05, 4.69) is 33.8 Å². The van der Waals surface area contributed by atoms with Crippen LogP contribution < -0.4 is 4.74 Å². The molecule has 0 aromatic heterocycles. The first kappa shape index (κ1) is 14.3. The third-order valence-corrected chi connectivity index (χ3v) is 2.32. The lowest BCUT2D eigenvalue weighted by molar-refractivity contribution is -0.139. The van der Waals surface area contributed by atoms with E-state index in [4.69, 9.17) is 9.84 Å². The normalized spacial score (nSPS) is 12.3. The van der Waals surface area contributed by atoms with Crippen LogP contribution in [0.4, 0.5) is 0 Å². The molecule has 0 amide bonds. The van der Waals surface area contributed by atoms with Gasteiger partial charge in [-0.15, -0.1) is 0 Å². The zero-order chi connectivity index (χ0) is 13.8. The predicted octanol–water partition coefficient (Wildman–Crippen LogP) is 3.60. The highest BCUT2D eigenvalue weighted by Crippen LogP contribution is 2.24. The van der Waals surface area contributed by atoms with Crippen LogP contribution in [0.5, 0.6) is 5.75 Å². The molecule has 0 radical (unpaired) electrons. The van der Waals surface area contributed by atoms with Crippen molar-refractivity contribution in [3.05, 3.63) is 35.9 Å². The Labute approximate surface area is 108 Å².